The van der Waals surface area contributed by atoms with Crippen LogP contribution in [0.25, 0.3) is 34.0 Å². The maximum Gasteiger partial charge on any atom is 0.272 e. The SMILES string of the molecule is Cc1c(-c2ccc(C=C(C#N)c3nc4ccccc4[nH]3)o2)ccc([N+](=O)[O-])c1C.Cl. The van der Waals surface area contributed by atoms with Gasteiger partial charge in [0.1, 0.15) is 23.4 Å². The third kappa shape index (κ3) is 3.69. The van der Waals surface area contributed by atoms with Crippen LogP contribution in [0.1, 0.15) is 22.7 Å². The van der Waals surface area contributed by atoms with Crippen LogP contribution in [-0.4, -0.2) is 14.9 Å². The number of nitriles is 1. The van der Waals surface area contributed by atoms with Crippen molar-refractivity contribution in [1.29, 1.82) is 5.26 Å². The highest BCUT2D eigenvalue weighted by molar-refractivity contribution is 5.89. The van der Waals surface area contributed by atoms with Crippen LogP contribution in [-0.2, 0) is 0 Å². The van der Waals surface area contributed by atoms with Gasteiger partial charge in [0, 0.05) is 23.3 Å². The average molecular weight is 421 g/mol. The van der Waals surface area contributed by atoms with Gasteiger partial charge in [0.25, 0.3) is 5.69 Å². The first-order valence-electron chi connectivity index (χ1n) is 8.89. The van der Waals surface area contributed by atoms with Crippen molar-refractivity contribution in [2.45, 2.75) is 13.8 Å². The minimum Gasteiger partial charge on any atom is -0.457 e. The molecule has 0 aliphatic rings. The van der Waals surface area contributed by atoms with Crippen molar-refractivity contribution in [3.63, 3.8) is 0 Å². The Bertz CT molecular complexity index is 1290. The van der Waals surface area contributed by atoms with Gasteiger partial charge < -0.3 is 9.40 Å². The van der Waals surface area contributed by atoms with E-state index in [9.17, 15) is 15.4 Å². The Morgan fingerprint density at radius 3 is 2.63 bits per heavy atom. The Morgan fingerprint density at radius 1 is 1.17 bits per heavy atom. The van der Waals surface area contributed by atoms with Gasteiger partial charge in [0.15, 0.2) is 0 Å². The van der Waals surface area contributed by atoms with Gasteiger partial charge in [-0.2, -0.15) is 5.26 Å². The van der Waals surface area contributed by atoms with Crippen LogP contribution in [0, 0.1) is 35.3 Å². The van der Waals surface area contributed by atoms with E-state index in [-0.39, 0.29) is 18.1 Å². The number of nitro groups is 1. The lowest BCUT2D eigenvalue weighted by molar-refractivity contribution is -0.385. The van der Waals surface area contributed by atoms with Crippen molar-refractivity contribution in [2.24, 2.45) is 0 Å². The number of benzene rings is 2. The predicted molar refractivity (Wildman–Crippen MR) is 117 cm³/mol. The van der Waals surface area contributed by atoms with E-state index >= 15 is 0 Å². The van der Waals surface area contributed by atoms with Crippen molar-refractivity contribution in [3.8, 4) is 17.4 Å². The maximum atomic E-state index is 11.1. The molecule has 0 aliphatic heterocycles. The van der Waals surface area contributed by atoms with Crippen LogP contribution in [0.4, 0.5) is 5.69 Å². The number of hydrogen-bond donors (Lipinski definition) is 1. The normalized spacial score (nSPS) is 11.2. The highest BCUT2D eigenvalue weighted by Gasteiger charge is 2.17. The van der Waals surface area contributed by atoms with Crippen LogP contribution in [0.2, 0.25) is 0 Å². The average Bonchev–Trinajstić information content (AvgIpc) is 3.34. The predicted octanol–water partition coefficient (Wildman–Crippen LogP) is 5.83. The second kappa shape index (κ2) is 8.23. The van der Waals surface area contributed by atoms with E-state index in [1.54, 1.807) is 31.2 Å². The fraction of sp³-hybridized carbons (Fsp3) is 0.0909. The fourth-order valence-electron chi connectivity index (χ4n) is 3.22. The standard InChI is InChI=1S/C22H16N4O3.ClH/c1-13-14(2)20(26(27)28)9-8-17(13)21-10-7-16(29-21)11-15(12-23)22-24-18-5-3-4-6-19(18)25-22;/h3-11H,1-2H3,(H,24,25);1H. The molecule has 2 aromatic carbocycles. The minimum absolute atomic E-state index is 0. The van der Waals surface area contributed by atoms with Gasteiger partial charge in [0.05, 0.1) is 21.5 Å². The molecule has 8 heteroatoms. The molecule has 7 nitrogen and oxygen atoms in total. The van der Waals surface area contributed by atoms with E-state index in [0.29, 0.717) is 28.5 Å². The van der Waals surface area contributed by atoms with Crippen LogP contribution >= 0.6 is 12.4 Å². The molecule has 0 spiro atoms. The van der Waals surface area contributed by atoms with Crippen molar-refractivity contribution in [3.05, 3.63) is 81.4 Å². The van der Waals surface area contributed by atoms with E-state index in [4.69, 9.17) is 4.42 Å². The molecule has 150 valence electrons. The summed E-state index contributed by atoms with van der Waals surface area (Å²) >= 11 is 0. The Labute approximate surface area is 178 Å². The summed E-state index contributed by atoms with van der Waals surface area (Å²) in [6.07, 6.45) is 1.62. The van der Waals surface area contributed by atoms with Gasteiger partial charge in [-0.3, -0.25) is 10.1 Å². The molecule has 30 heavy (non-hydrogen) atoms. The molecule has 0 atom stereocenters. The number of nitrogens with one attached hydrogen (secondary N) is 1. The van der Waals surface area contributed by atoms with Gasteiger partial charge in [-0.25, -0.2) is 4.98 Å². The molecule has 0 aliphatic carbocycles. The second-order valence-corrected chi connectivity index (χ2v) is 6.61. The molecule has 0 radical (unpaired) electrons. The number of imidazole rings is 1. The molecule has 1 N–H and O–H groups in total. The maximum absolute atomic E-state index is 11.1. The summed E-state index contributed by atoms with van der Waals surface area (Å²) in [4.78, 5) is 18.3. The first-order valence-corrected chi connectivity index (χ1v) is 8.89. The van der Waals surface area contributed by atoms with Crippen LogP contribution in [0.5, 0.6) is 0 Å². The molecular weight excluding hydrogens is 404 g/mol. The summed E-state index contributed by atoms with van der Waals surface area (Å²) in [5.41, 5.74) is 4.20. The number of nitro benzene ring substituents is 1. The van der Waals surface area contributed by atoms with Gasteiger partial charge in [0.2, 0.25) is 0 Å². The zero-order valence-corrected chi connectivity index (χ0v) is 17.0. The van der Waals surface area contributed by atoms with Gasteiger partial charge in [-0.05, 0) is 49.7 Å². The third-order valence-electron chi connectivity index (χ3n) is 4.90. The van der Waals surface area contributed by atoms with Gasteiger partial charge in [-0.1, -0.05) is 12.1 Å². The number of nitrogens with zero attached hydrogens (tertiary/aromatic N) is 3. The molecule has 0 bridgehead atoms. The molecular formula is C22H17ClN4O3. The number of allylic oxidation sites excluding steroid dienone is 1. The van der Waals surface area contributed by atoms with Crippen molar-refractivity contribution in [1.82, 2.24) is 9.97 Å². The second-order valence-electron chi connectivity index (χ2n) is 6.61. The van der Waals surface area contributed by atoms with E-state index in [1.807, 2.05) is 31.2 Å². The number of halogens is 1. The lowest BCUT2D eigenvalue weighted by Crippen LogP contribution is -1.95. The number of aromatic amines is 1. The van der Waals surface area contributed by atoms with Gasteiger partial charge in [-0.15, -0.1) is 12.4 Å². The summed E-state index contributed by atoms with van der Waals surface area (Å²) in [5, 5.41) is 20.7. The van der Waals surface area contributed by atoms with E-state index < -0.39 is 4.92 Å². The Morgan fingerprint density at radius 2 is 1.93 bits per heavy atom. The number of aromatic nitrogens is 2. The number of para-hydroxylation sites is 2. The molecule has 0 amide bonds. The Kier molecular flexibility index (Phi) is 5.72. The summed E-state index contributed by atoms with van der Waals surface area (Å²) < 4.78 is 5.89. The molecule has 0 saturated carbocycles. The fourth-order valence-corrected chi connectivity index (χ4v) is 3.22. The molecule has 0 fully saturated rings. The number of rotatable bonds is 4. The topological polar surface area (TPSA) is 109 Å². The molecule has 2 heterocycles. The van der Waals surface area contributed by atoms with Crippen LogP contribution < -0.4 is 0 Å². The molecule has 0 saturated heterocycles. The molecule has 2 aromatic heterocycles. The number of hydrogen-bond acceptors (Lipinski definition) is 5. The minimum atomic E-state index is -0.394. The smallest absolute Gasteiger partial charge is 0.272 e. The van der Waals surface area contributed by atoms with E-state index in [2.05, 4.69) is 16.0 Å². The van der Waals surface area contributed by atoms with Gasteiger partial charge >= 0.3 is 0 Å². The first kappa shape index (κ1) is 20.8. The van der Waals surface area contributed by atoms with E-state index in [0.717, 1.165) is 22.2 Å². The largest absolute Gasteiger partial charge is 0.457 e. The monoisotopic (exact) mass is 420 g/mol. The Hall–Kier alpha value is -3.89. The summed E-state index contributed by atoms with van der Waals surface area (Å²) in [6.45, 7) is 3.54. The lowest BCUT2D eigenvalue weighted by Gasteiger charge is -2.06. The van der Waals surface area contributed by atoms with Crippen molar-refractivity contribution in [2.75, 3.05) is 0 Å². The third-order valence-corrected chi connectivity index (χ3v) is 4.90. The lowest BCUT2D eigenvalue weighted by atomic mass is 10.00. The van der Waals surface area contributed by atoms with Crippen molar-refractivity contribution < 1.29 is 9.34 Å². The Balaban J connectivity index is 0.00000256. The highest BCUT2D eigenvalue weighted by atomic mass is 35.5. The number of fused-ring (bicyclic) bond motifs is 1. The van der Waals surface area contributed by atoms with Crippen LogP contribution in [0.15, 0.2) is 52.9 Å². The molecule has 4 rings (SSSR count). The van der Waals surface area contributed by atoms with Crippen molar-refractivity contribution >= 4 is 40.8 Å². The molecule has 4 aromatic rings. The summed E-state index contributed by atoms with van der Waals surface area (Å²) in [5.74, 6) is 1.54. The number of furan rings is 1. The molecule has 0 unspecified atom stereocenters. The number of H-pyrrole nitrogens is 1. The zero-order valence-electron chi connectivity index (χ0n) is 16.2. The summed E-state index contributed by atoms with van der Waals surface area (Å²) in [6, 6.07) is 16.4. The highest BCUT2D eigenvalue weighted by Crippen LogP contribution is 2.32. The first-order chi connectivity index (χ1) is 14.0. The van der Waals surface area contributed by atoms with Crippen LogP contribution in [0.3, 0.4) is 0 Å². The van der Waals surface area contributed by atoms with E-state index in [1.165, 1.54) is 6.07 Å². The quantitative estimate of drug-likeness (QED) is 0.253. The summed E-state index contributed by atoms with van der Waals surface area (Å²) in [7, 11) is 0. The zero-order chi connectivity index (χ0) is 20.5.